The summed E-state index contributed by atoms with van der Waals surface area (Å²) in [5.74, 6) is -0.422. The van der Waals surface area contributed by atoms with Gasteiger partial charge < -0.3 is 30.0 Å². The first-order valence-electron chi connectivity index (χ1n) is 17.9. The number of carbonyl (C=O) groups excluding carboxylic acids is 4. The molecule has 2 aromatic carbocycles. The summed E-state index contributed by atoms with van der Waals surface area (Å²) >= 11 is 1.32. The summed E-state index contributed by atoms with van der Waals surface area (Å²) in [5, 5.41) is 10.5. The van der Waals surface area contributed by atoms with Crippen LogP contribution in [0.1, 0.15) is 59.8 Å². The number of aromatic nitrogens is 2. The Bertz CT molecular complexity index is 1960. The van der Waals surface area contributed by atoms with E-state index in [1.807, 2.05) is 42.5 Å². The molecule has 4 aliphatic rings. The number of thiazole rings is 1. The SMILES string of the molecule is COc1cccc2[nH]c(C(=O)N[C@H](C(=O)N3C[C@H]4[C@@H]([C@H]3C(=O)N[C@@H](C[C@@H]3CCNCOC3)C(=O)c3nc5ccccc5s3)C4(C)C)C3CC3)cc12. The van der Waals surface area contributed by atoms with Crippen LogP contribution in [0.3, 0.4) is 0 Å². The second-order valence-corrected chi connectivity index (χ2v) is 16.1. The number of H-pyrrole nitrogens is 1. The number of para-hydroxylation sites is 1. The molecule has 4 N–H and O–H groups in total. The van der Waals surface area contributed by atoms with Crippen molar-refractivity contribution in [2.24, 2.45) is 29.1 Å². The van der Waals surface area contributed by atoms with Crippen LogP contribution in [-0.4, -0.2) is 90.0 Å². The van der Waals surface area contributed by atoms with Crippen molar-refractivity contribution in [1.29, 1.82) is 0 Å². The summed E-state index contributed by atoms with van der Waals surface area (Å²) in [6.07, 6.45) is 2.84. The van der Waals surface area contributed by atoms with E-state index in [4.69, 9.17) is 9.47 Å². The Balaban J connectivity index is 1.04. The van der Waals surface area contributed by atoms with E-state index in [1.54, 1.807) is 18.1 Å². The number of ketones is 1. The molecule has 2 aliphatic heterocycles. The maximum atomic E-state index is 14.5. The Hall–Kier alpha value is -4.33. The number of carbonyl (C=O) groups is 4. The average Bonchev–Trinajstić information content (AvgIpc) is 3.84. The Morgan fingerprint density at radius 2 is 1.92 bits per heavy atom. The monoisotopic (exact) mass is 712 g/mol. The number of benzene rings is 2. The second-order valence-electron chi connectivity index (χ2n) is 15.1. The zero-order valence-electron chi connectivity index (χ0n) is 29.1. The number of piperidine rings is 1. The Kier molecular flexibility index (Phi) is 8.84. The molecule has 2 saturated heterocycles. The van der Waals surface area contributed by atoms with Crippen LogP contribution in [-0.2, 0) is 14.3 Å². The first-order valence-corrected chi connectivity index (χ1v) is 18.7. The summed E-state index contributed by atoms with van der Waals surface area (Å²) < 4.78 is 12.1. The summed E-state index contributed by atoms with van der Waals surface area (Å²) in [5.41, 5.74) is 1.71. The van der Waals surface area contributed by atoms with E-state index in [9.17, 15) is 19.2 Å². The number of likely N-dealkylation sites (tertiary alicyclic amines) is 1. The lowest BCUT2D eigenvalue weighted by Crippen LogP contribution is -2.58. The first-order chi connectivity index (χ1) is 24.6. The van der Waals surface area contributed by atoms with Crippen molar-refractivity contribution >= 4 is 56.0 Å². The Morgan fingerprint density at radius 3 is 2.71 bits per heavy atom. The molecule has 51 heavy (non-hydrogen) atoms. The lowest BCUT2D eigenvalue weighted by molar-refractivity contribution is -0.142. The number of aromatic amines is 1. The van der Waals surface area contributed by atoms with Crippen LogP contribution in [0.2, 0.25) is 0 Å². The molecule has 2 aliphatic carbocycles. The van der Waals surface area contributed by atoms with Crippen LogP contribution >= 0.6 is 11.3 Å². The van der Waals surface area contributed by atoms with Gasteiger partial charge in [-0.1, -0.05) is 32.0 Å². The van der Waals surface area contributed by atoms with Crippen molar-refractivity contribution in [3.63, 3.8) is 0 Å². The Morgan fingerprint density at radius 1 is 1.10 bits per heavy atom. The lowest BCUT2D eigenvalue weighted by Gasteiger charge is -2.34. The summed E-state index contributed by atoms with van der Waals surface area (Å²) in [7, 11) is 1.58. The van der Waals surface area contributed by atoms with Gasteiger partial charge in [0, 0.05) is 17.4 Å². The van der Waals surface area contributed by atoms with Crippen molar-refractivity contribution in [3.8, 4) is 5.75 Å². The summed E-state index contributed by atoms with van der Waals surface area (Å²) in [6.45, 7) is 6.37. The van der Waals surface area contributed by atoms with Gasteiger partial charge in [-0.2, -0.15) is 0 Å². The fourth-order valence-corrected chi connectivity index (χ4v) is 9.30. The average molecular weight is 713 g/mol. The third-order valence-electron chi connectivity index (χ3n) is 11.5. The molecule has 0 bridgehead atoms. The predicted molar refractivity (Wildman–Crippen MR) is 193 cm³/mol. The Labute approximate surface area is 300 Å². The van der Waals surface area contributed by atoms with E-state index in [0.29, 0.717) is 42.8 Å². The van der Waals surface area contributed by atoms with Crippen LogP contribution in [0, 0.1) is 29.1 Å². The normalized spacial score (nSPS) is 25.1. The fourth-order valence-electron chi connectivity index (χ4n) is 8.34. The number of rotatable bonds is 11. The molecule has 2 saturated carbocycles. The van der Waals surface area contributed by atoms with Gasteiger partial charge in [-0.3, -0.25) is 24.5 Å². The zero-order valence-corrected chi connectivity index (χ0v) is 29.9. The number of methoxy groups -OCH3 is 1. The van der Waals surface area contributed by atoms with Crippen molar-refractivity contribution in [2.45, 2.75) is 57.7 Å². The van der Waals surface area contributed by atoms with E-state index in [0.717, 1.165) is 46.9 Å². The molecule has 0 spiro atoms. The van der Waals surface area contributed by atoms with Crippen molar-refractivity contribution in [1.82, 2.24) is 30.8 Å². The number of hydrogen-bond acceptors (Lipinski definition) is 9. The highest BCUT2D eigenvalue weighted by Gasteiger charge is 2.70. The fraction of sp³-hybridized carbons (Fsp3) is 0.500. The van der Waals surface area contributed by atoms with Gasteiger partial charge in [-0.15, -0.1) is 11.3 Å². The van der Waals surface area contributed by atoms with E-state index >= 15 is 0 Å². The van der Waals surface area contributed by atoms with Gasteiger partial charge in [0.15, 0.2) is 5.01 Å². The van der Waals surface area contributed by atoms with Crippen LogP contribution in [0.4, 0.5) is 0 Å². The molecule has 2 aromatic heterocycles. The number of ether oxygens (including phenoxy) is 2. The van der Waals surface area contributed by atoms with E-state index in [1.165, 1.54) is 11.3 Å². The minimum atomic E-state index is -0.833. The minimum absolute atomic E-state index is 0.00813. The molecular formula is C38H44N6O6S. The molecular weight excluding hydrogens is 669 g/mol. The largest absolute Gasteiger partial charge is 0.496 e. The standard InChI is InChI=1S/C38H44N6O6S/c1-38(2)23-17-44(37(48)31(21-11-12-21)43-34(46)27-16-22-24(40-27)8-6-9-28(22)49-3)32(30(23)38)35(47)41-26(15-20-13-14-39-19-50-18-20)33(45)36-42-25-7-4-5-10-29(25)51-36/h4-10,16,20-21,23,26,30-32,39-40H,11-15,17-19H2,1-3H3,(H,41,47)(H,43,46)/t20-,23-,26-,30-,31-,32-/m0/s1. The van der Waals surface area contributed by atoms with Crippen molar-refractivity contribution < 1.29 is 28.7 Å². The maximum Gasteiger partial charge on any atom is 0.268 e. The number of amides is 3. The molecule has 12 nitrogen and oxygen atoms in total. The van der Waals surface area contributed by atoms with Crippen LogP contribution in [0.5, 0.6) is 5.75 Å². The molecule has 6 atom stereocenters. The quantitative estimate of drug-likeness (QED) is 0.170. The van der Waals surface area contributed by atoms with Crippen molar-refractivity contribution in [2.75, 3.05) is 33.5 Å². The van der Waals surface area contributed by atoms with Crippen LogP contribution < -0.4 is 20.7 Å². The van der Waals surface area contributed by atoms with Crippen molar-refractivity contribution in [3.05, 3.63) is 59.2 Å². The van der Waals surface area contributed by atoms with Crippen LogP contribution in [0.25, 0.3) is 21.1 Å². The molecule has 13 heteroatoms. The number of Topliss-reactive ketones (excluding diaryl/α,β-unsaturated/α-hetero) is 1. The van der Waals surface area contributed by atoms with Gasteiger partial charge >= 0.3 is 0 Å². The molecule has 0 radical (unpaired) electrons. The molecule has 8 rings (SSSR count). The van der Waals surface area contributed by atoms with Gasteiger partial charge in [0.05, 0.1) is 36.7 Å². The van der Waals surface area contributed by atoms with E-state index in [2.05, 4.69) is 39.8 Å². The summed E-state index contributed by atoms with van der Waals surface area (Å²) in [4.78, 5) is 66.2. The van der Waals surface area contributed by atoms with Gasteiger partial charge in [-0.25, -0.2) is 4.98 Å². The molecule has 3 amide bonds. The third kappa shape index (κ3) is 6.40. The first kappa shape index (κ1) is 33.8. The minimum Gasteiger partial charge on any atom is -0.496 e. The van der Waals surface area contributed by atoms with E-state index < -0.39 is 18.1 Å². The van der Waals surface area contributed by atoms with Crippen LogP contribution in [0.15, 0.2) is 48.5 Å². The third-order valence-corrected chi connectivity index (χ3v) is 12.5. The predicted octanol–water partition coefficient (Wildman–Crippen LogP) is 4.12. The smallest absolute Gasteiger partial charge is 0.268 e. The zero-order chi connectivity index (χ0) is 35.4. The molecule has 268 valence electrons. The topological polar surface area (TPSA) is 155 Å². The van der Waals surface area contributed by atoms with Gasteiger partial charge in [0.1, 0.15) is 23.5 Å². The van der Waals surface area contributed by atoms with Gasteiger partial charge in [0.2, 0.25) is 17.6 Å². The molecule has 4 aromatic rings. The number of hydrogen-bond donors (Lipinski definition) is 4. The summed E-state index contributed by atoms with van der Waals surface area (Å²) in [6, 6.07) is 12.5. The molecule has 4 heterocycles. The molecule has 0 unspecified atom stereocenters. The number of fused-ring (bicyclic) bond motifs is 3. The number of nitrogens with zero attached hydrogens (tertiary/aromatic N) is 2. The van der Waals surface area contributed by atoms with Gasteiger partial charge in [-0.05, 0) is 91.6 Å². The highest BCUT2D eigenvalue weighted by molar-refractivity contribution is 7.20. The van der Waals surface area contributed by atoms with E-state index in [-0.39, 0.29) is 52.6 Å². The maximum absolute atomic E-state index is 14.5. The highest BCUT2D eigenvalue weighted by Crippen LogP contribution is 2.65. The highest BCUT2D eigenvalue weighted by atomic mass is 32.1. The second kappa shape index (κ2) is 13.3. The molecule has 4 fully saturated rings. The van der Waals surface area contributed by atoms with Gasteiger partial charge in [0.25, 0.3) is 5.91 Å². The number of nitrogens with one attached hydrogen (secondary N) is 4. The lowest BCUT2D eigenvalue weighted by atomic mass is 9.94.